The van der Waals surface area contributed by atoms with E-state index in [0.717, 1.165) is 77.0 Å². The molecule has 9 atom stereocenters. The molecule has 2 amide bonds. The highest BCUT2D eigenvalue weighted by Gasteiger charge is 2.69. The SMILES string of the molecule is CCCCCCCCCCCC(=O)O[C@H]1CC[C@@]2(C)C(CC[C@]3(C)C2CC=C2C4CC(C)(C)CC[C@]4(C(=O)NCCCC(=O)N[C@@H](C)C(=O)O)CC[C@]23C)C1(C)C. The second-order valence-corrected chi connectivity index (χ2v) is 21.8. The lowest BCUT2D eigenvalue weighted by atomic mass is 9.33. The zero-order valence-electron chi connectivity index (χ0n) is 37.7. The summed E-state index contributed by atoms with van der Waals surface area (Å²) in [7, 11) is 0. The number of aliphatic carboxylic acids is 1. The Morgan fingerprint density at radius 3 is 2.11 bits per heavy atom. The van der Waals surface area contributed by atoms with E-state index in [2.05, 4.69) is 72.1 Å². The molecule has 0 radical (unpaired) electrons. The summed E-state index contributed by atoms with van der Waals surface area (Å²) in [5.41, 5.74) is 1.43. The molecule has 0 bridgehead atoms. The Balaban J connectivity index is 1.25. The Kier molecular flexibility index (Phi) is 14.5. The molecule has 0 aromatic rings. The van der Waals surface area contributed by atoms with E-state index in [1.54, 1.807) is 0 Å². The molecule has 5 aliphatic carbocycles. The predicted octanol–water partition coefficient (Wildman–Crippen LogP) is 11.1. The lowest BCUT2D eigenvalue weighted by Gasteiger charge is -2.71. The number of unbranched alkanes of at least 4 members (excludes halogenated alkanes) is 8. The summed E-state index contributed by atoms with van der Waals surface area (Å²) in [6.07, 6.45) is 25.2. The Hall–Kier alpha value is -2.38. The average Bonchev–Trinajstić information content (AvgIpc) is 3.13. The van der Waals surface area contributed by atoms with Crippen LogP contribution in [0.25, 0.3) is 0 Å². The maximum Gasteiger partial charge on any atom is 0.325 e. The van der Waals surface area contributed by atoms with Crippen molar-refractivity contribution in [2.24, 2.45) is 50.2 Å². The van der Waals surface area contributed by atoms with Crippen LogP contribution >= 0.6 is 0 Å². The highest BCUT2D eigenvalue weighted by atomic mass is 16.5. The Morgan fingerprint density at radius 1 is 0.789 bits per heavy atom. The van der Waals surface area contributed by atoms with Crippen LogP contribution in [-0.2, 0) is 23.9 Å². The highest BCUT2D eigenvalue weighted by Crippen LogP contribution is 2.76. The van der Waals surface area contributed by atoms with Crippen molar-refractivity contribution in [3.8, 4) is 0 Å². The number of hydrogen-bond donors (Lipinski definition) is 3. The number of nitrogens with one attached hydrogen (secondary N) is 2. The zero-order valence-corrected chi connectivity index (χ0v) is 37.7. The standard InChI is InChI=1S/C49H82N2O6/c1-10-11-12-13-14-15-16-17-18-21-41(53)57-39-25-26-46(7)37(45(39,5)6)24-27-48(9)38(46)23-22-35-36-33-44(3,4)28-30-49(36,31-29-47(35,48)8)43(56)50-32-19-20-40(52)51-34(2)42(54)55/h22,34,36-39H,10-21,23-33H2,1-9H3,(H,50,56)(H,51,52)(H,54,55)/t34-,36?,37?,38?,39-,46-,47+,48+,49-/m0/s1. The van der Waals surface area contributed by atoms with Gasteiger partial charge in [-0.2, -0.15) is 0 Å². The summed E-state index contributed by atoms with van der Waals surface area (Å²) >= 11 is 0. The molecule has 5 rings (SSSR count). The van der Waals surface area contributed by atoms with Crippen LogP contribution in [-0.4, -0.2) is 47.6 Å². The number of rotatable bonds is 18. The van der Waals surface area contributed by atoms with Gasteiger partial charge >= 0.3 is 11.9 Å². The number of allylic oxidation sites excluding steroid dienone is 2. The molecule has 0 heterocycles. The monoisotopic (exact) mass is 795 g/mol. The Morgan fingerprint density at radius 2 is 1.44 bits per heavy atom. The van der Waals surface area contributed by atoms with Crippen molar-refractivity contribution < 1.29 is 29.0 Å². The minimum atomic E-state index is -1.06. The maximum atomic E-state index is 14.4. The molecule has 57 heavy (non-hydrogen) atoms. The molecule has 8 nitrogen and oxygen atoms in total. The molecule has 3 N–H and O–H groups in total. The van der Waals surface area contributed by atoms with E-state index in [1.807, 2.05) is 0 Å². The van der Waals surface area contributed by atoms with Crippen molar-refractivity contribution in [1.29, 1.82) is 0 Å². The van der Waals surface area contributed by atoms with Crippen LogP contribution < -0.4 is 10.6 Å². The highest BCUT2D eigenvalue weighted by molar-refractivity contribution is 5.85. The number of ether oxygens (including phenoxy) is 1. The van der Waals surface area contributed by atoms with Crippen LogP contribution in [0.15, 0.2) is 11.6 Å². The molecule has 0 spiro atoms. The molecular weight excluding hydrogens is 713 g/mol. The molecule has 0 aromatic heterocycles. The van der Waals surface area contributed by atoms with Crippen molar-refractivity contribution >= 4 is 23.8 Å². The summed E-state index contributed by atoms with van der Waals surface area (Å²) in [5.74, 6) is -0.0104. The van der Waals surface area contributed by atoms with E-state index < -0.39 is 17.4 Å². The number of carbonyl (C=O) groups excluding carboxylic acids is 3. The minimum absolute atomic E-state index is 0.000902. The summed E-state index contributed by atoms with van der Waals surface area (Å²) < 4.78 is 6.39. The lowest BCUT2D eigenvalue weighted by molar-refractivity contribution is -0.213. The van der Waals surface area contributed by atoms with E-state index >= 15 is 0 Å². The van der Waals surface area contributed by atoms with Gasteiger partial charge in [0.15, 0.2) is 0 Å². The molecule has 0 aliphatic heterocycles. The number of amides is 2. The summed E-state index contributed by atoms with van der Waals surface area (Å²) in [4.78, 5) is 51.1. The van der Waals surface area contributed by atoms with Gasteiger partial charge in [-0.3, -0.25) is 19.2 Å². The first-order valence-electron chi connectivity index (χ1n) is 23.5. The van der Waals surface area contributed by atoms with Crippen molar-refractivity contribution in [1.82, 2.24) is 10.6 Å². The third-order valence-corrected chi connectivity index (χ3v) is 17.4. The number of hydrogen-bond acceptors (Lipinski definition) is 5. The van der Waals surface area contributed by atoms with Crippen molar-refractivity contribution in [3.05, 3.63) is 11.6 Å². The molecular formula is C49H82N2O6. The van der Waals surface area contributed by atoms with Gasteiger partial charge in [-0.15, -0.1) is 0 Å². The molecule has 4 saturated carbocycles. The first-order valence-corrected chi connectivity index (χ1v) is 23.5. The molecule has 5 aliphatic rings. The van der Waals surface area contributed by atoms with Crippen LogP contribution in [0.5, 0.6) is 0 Å². The van der Waals surface area contributed by atoms with Crippen molar-refractivity contribution in [3.63, 3.8) is 0 Å². The molecule has 324 valence electrons. The normalized spacial score (nSPS) is 35.6. The van der Waals surface area contributed by atoms with E-state index in [0.29, 0.717) is 31.2 Å². The number of fused-ring (bicyclic) bond motifs is 7. The Labute approximate surface area is 346 Å². The molecule has 0 saturated heterocycles. The smallest absolute Gasteiger partial charge is 0.325 e. The summed E-state index contributed by atoms with van der Waals surface area (Å²) in [5, 5.41) is 14.9. The maximum absolute atomic E-state index is 14.4. The van der Waals surface area contributed by atoms with Crippen molar-refractivity contribution in [2.45, 2.75) is 216 Å². The van der Waals surface area contributed by atoms with Crippen LogP contribution in [0.2, 0.25) is 0 Å². The van der Waals surface area contributed by atoms with Crippen LogP contribution in [0.4, 0.5) is 0 Å². The fourth-order valence-corrected chi connectivity index (χ4v) is 13.6. The lowest BCUT2D eigenvalue weighted by Crippen LogP contribution is -2.65. The van der Waals surface area contributed by atoms with Crippen LogP contribution in [0, 0.1) is 50.2 Å². The van der Waals surface area contributed by atoms with Gasteiger partial charge in [0.05, 0.1) is 5.41 Å². The topological polar surface area (TPSA) is 122 Å². The van der Waals surface area contributed by atoms with E-state index in [1.165, 1.54) is 57.4 Å². The van der Waals surface area contributed by atoms with Gasteiger partial charge in [0.2, 0.25) is 11.8 Å². The van der Waals surface area contributed by atoms with Crippen LogP contribution in [0.1, 0.15) is 204 Å². The zero-order chi connectivity index (χ0) is 41.9. The second-order valence-electron chi connectivity index (χ2n) is 21.8. The summed E-state index contributed by atoms with van der Waals surface area (Å²) in [6, 6.07) is -0.929. The first-order chi connectivity index (χ1) is 26.8. The summed E-state index contributed by atoms with van der Waals surface area (Å²) in [6.45, 7) is 21.4. The van der Waals surface area contributed by atoms with Gasteiger partial charge in [-0.05, 0) is 123 Å². The predicted molar refractivity (Wildman–Crippen MR) is 228 cm³/mol. The van der Waals surface area contributed by atoms with Gasteiger partial charge < -0.3 is 20.5 Å². The molecule has 0 aromatic carbocycles. The fourth-order valence-electron chi connectivity index (χ4n) is 13.6. The number of carbonyl (C=O) groups is 4. The van der Waals surface area contributed by atoms with Crippen molar-refractivity contribution in [2.75, 3.05) is 6.54 Å². The van der Waals surface area contributed by atoms with E-state index in [-0.39, 0.29) is 63.3 Å². The fraction of sp³-hybridized carbons (Fsp3) is 0.878. The first kappa shape index (κ1) is 45.7. The van der Waals surface area contributed by atoms with Crippen LogP contribution in [0.3, 0.4) is 0 Å². The number of carboxylic acids is 1. The molecule has 4 fully saturated rings. The van der Waals surface area contributed by atoms with Gasteiger partial charge in [0.25, 0.3) is 0 Å². The Bertz CT molecular complexity index is 1490. The van der Waals surface area contributed by atoms with Gasteiger partial charge in [-0.1, -0.05) is 118 Å². The molecule has 3 unspecified atom stereocenters. The third kappa shape index (κ3) is 9.20. The quantitative estimate of drug-likeness (QED) is 0.0721. The van der Waals surface area contributed by atoms with Gasteiger partial charge in [0, 0.05) is 24.8 Å². The average molecular weight is 795 g/mol. The molecule has 8 heteroatoms. The van der Waals surface area contributed by atoms with Gasteiger partial charge in [-0.25, -0.2) is 0 Å². The second kappa shape index (κ2) is 18.1. The van der Waals surface area contributed by atoms with E-state index in [4.69, 9.17) is 9.84 Å². The van der Waals surface area contributed by atoms with Gasteiger partial charge in [0.1, 0.15) is 12.1 Å². The van der Waals surface area contributed by atoms with E-state index in [9.17, 15) is 19.2 Å². The third-order valence-electron chi connectivity index (χ3n) is 17.4. The number of carboxylic acid groups (broad SMARTS) is 1. The number of esters is 1. The minimum Gasteiger partial charge on any atom is -0.480 e. The largest absolute Gasteiger partial charge is 0.480 e.